The molecule has 142 valence electrons. The van der Waals surface area contributed by atoms with E-state index in [4.69, 9.17) is 9.47 Å². The number of amides is 2. The molecule has 2 aromatic carbocycles. The van der Waals surface area contributed by atoms with Crippen molar-refractivity contribution >= 4 is 23.6 Å². The molecule has 0 saturated carbocycles. The molecular weight excluding hydrogens is 344 g/mol. The van der Waals surface area contributed by atoms with E-state index in [1.807, 2.05) is 31.2 Å². The molecule has 0 aliphatic rings. The van der Waals surface area contributed by atoms with E-state index in [2.05, 4.69) is 5.32 Å². The predicted molar refractivity (Wildman–Crippen MR) is 106 cm³/mol. The van der Waals surface area contributed by atoms with E-state index in [1.54, 1.807) is 44.5 Å². The monoisotopic (exact) mass is 368 g/mol. The van der Waals surface area contributed by atoms with Gasteiger partial charge in [-0.15, -0.1) is 0 Å². The Morgan fingerprint density at radius 3 is 2.48 bits per heavy atom. The van der Waals surface area contributed by atoms with Gasteiger partial charge in [0.15, 0.2) is 0 Å². The highest BCUT2D eigenvalue weighted by atomic mass is 16.5. The van der Waals surface area contributed by atoms with Crippen LogP contribution in [0.1, 0.15) is 12.5 Å². The number of ether oxygens (including phenoxy) is 2. The van der Waals surface area contributed by atoms with E-state index in [0.29, 0.717) is 23.8 Å². The van der Waals surface area contributed by atoms with Crippen LogP contribution in [0.5, 0.6) is 11.5 Å². The Bertz CT molecular complexity index is 800. The number of hydrogen-bond donors (Lipinski definition) is 1. The summed E-state index contributed by atoms with van der Waals surface area (Å²) in [4.78, 5) is 25.7. The number of rotatable bonds is 8. The molecule has 0 radical (unpaired) electrons. The van der Waals surface area contributed by atoms with Crippen LogP contribution in [0.2, 0.25) is 0 Å². The number of para-hydroxylation sites is 1. The lowest BCUT2D eigenvalue weighted by molar-refractivity contribution is -0.129. The van der Waals surface area contributed by atoms with Crippen LogP contribution in [0.3, 0.4) is 0 Å². The Labute approximate surface area is 159 Å². The fourth-order valence-corrected chi connectivity index (χ4v) is 2.36. The van der Waals surface area contributed by atoms with Gasteiger partial charge in [-0.3, -0.25) is 9.59 Å². The number of benzene rings is 2. The van der Waals surface area contributed by atoms with Crippen molar-refractivity contribution in [1.82, 2.24) is 4.90 Å². The van der Waals surface area contributed by atoms with Crippen LogP contribution in [0.25, 0.3) is 6.08 Å². The van der Waals surface area contributed by atoms with E-state index in [1.165, 1.54) is 11.0 Å². The number of anilines is 1. The van der Waals surface area contributed by atoms with Crippen LogP contribution in [0.4, 0.5) is 5.69 Å². The molecule has 0 aromatic heterocycles. The molecule has 0 spiro atoms. The summed E-state index contributed by atoms with van der Waals surface area (Å²) in [7, 11) is 3.16. The van der Waals surface area contributed by atoms with Crippen LogP contribution in [0.15, 0.2) is 54.6 Å². The maximum Gasteiger partial charge on any atom is 0.246 e. The lowest BCUT2D eigenvalue weighted by atomic mass is 10.2. The zero-order valence-electron chi connectivity index (χ0n) is 15.8. The van der Waals surface area contributed by atoms with Gasteiger partial charge in [-0.25, -0.2) is 0 Å². The number of nitrogens with one attached hydrogen (secondary N) is 1. The van der Waals surface area contributed by atoms with Crippen LogP contribution in [-0.4, -0.2) is 44.0 Å². The first-order valence-corrected chi connectivity index (χ1v) is 8.62. The first kappa shape index (κ1) is 20.0. The molecular formula is C21H24N2O4. The minimum absolute atomic E-state index is 0.0533. The minimum atomic E-state index is -0.279. The van der Waals surface area contributed by atoms with Gasteiger partial charge in [0.1, 0.15) is 11.5 Å². The van der Waals surface area contributed by atoms with E-state index in [-0.39, 0.29) is 18.4 Å². The van der Waals surface area contributed by atoms with Gasteiger partial charge in [-0.05, 0) is 43.3 Å². The van der Waals surface area contributed by atoms with Crippen molar-refractivity contribution in [3.05, 3.63) is 60.2 Å². The number of carbonyl (C=O) groups is 2. The number of carbonyl (C=O) groups excluding carboxylic acids is 2. The molecule has 27 heavy (non-hydrogen) atoms. The molecule has 2 amide bonds. The van der Waals surface area contributed by atoms with Gasteiger partial charge in [-0.1, -0.05) is 18.2 Å². The van der Waals surface area contributed by atoms with Crippen molar-refractivity contribution in [2.45, 2.75) is 6.92 Å². The Morgan fingerprint density at radius 2 is 1.81 bits per heavy atom. The molecule has 0 unspecified atom stereocenters. The largest absolute Gasteiger partial charge is 0.497 e. The van der Waals surface area contributed by atoms with Crippen molar-refractivity contribution in [2.75, 3.05) is 32.6 Å². The number of methoxy groups -OCH3 is 1. The summed E-state index contributed by atoms with van der Waals surface area (Å²) in [5, 5.41) is 2.75. The molecule has 2 aromatic rings. The quantitative estimate of drug-likeness (QED) is 0.727. The fourth-order valence-electron chi connectivity index (χ4n) is 2.36. The second kappa shape index (κ2) is 10.0. The normalized spacial score (nSPS) is 10.5. The van der Waals surface area contributed by atoms with Gasteiger partial charge in [0.25, 0.3) is 0 Å². The molecule has 0 atom stereocenters. The van der Waals surface area contributed by atoms with E-state index in [0.717, 1.165) is 5.56 Å². The number of likely N-dealkylation sites (N-methyl/N-ethyl adjacent to an activating group) is 1. The van der Waals surface area contributed by atoms with Gasteiger partial charge >= 0.3 is 0 Å². The first-order valence-electron chi connectivity index (χ1n) is 8.62. The van der Waals surface area contributed by atoms with Crippen LogP contribution in [0, 0.1) is 0 Å². The third-order valence-corrected chi connectivity index (χ3v) is 3.76. The van der Waals surface area contributed by atoms with E-state index >= 15 is 0 Å². The van der Waals surface area contributed by atoms with Gasteiger partial charge < -0.3 is 19.7 Å². The molecule has 0 fully saturated rings. The molecule has 0 bridgehead atoms. The van der Waals surface area contributed by atoms with Gasteiger partial charge in [0.2, 0.25) is 11.8 Å². The summed E-state index contributed by atoms with van der Waals surface area (Å²) in [6.45, 7) is 2.40. The highest BCUT2D eigenvalue weighted by molar-refractivity contribution is 5.98. The van der Waals surface area contributed by atoms with Crippen molar-refractivity contribution in [2.24, 2.45) is 0 Å². The number of nitrogens with zero attached hydrogens (tertiary/aromatic N) is 1. The summed E-state index contributed by atoms with van der Waals surface area (Å²) in [6.07, 6.45) is 3.11. The van der Waals surface area contributed by atoms with Crippen molar-refractivity contribution in [1.29, 1.82) is 0 Å². The summed E-state index contributed by atoms with van der Waals surface area (Å²) < 4.78 is 10.6. The van der Waals surface area contributed by atoms with Gasteiger partial charge in [-0.2, -0.15) is 0 Å². The smallest absolute Gasteiger partial charge is 0.246 e. The molecule has 2 rings (SSSR count). The molecule has 0 saturated heterocycles. The topological polar surface area (TPSA) is 67.9 Å². The Kier molecular flexibility index (Phi) is 7.43. The second-order valence-corrected chi connectivity index (χ2v) is 5.78. The predicted octanol–water partition coefficient (Wildman–Crippen LogP) is 3.20. The zero-order chi connectivity index (χ0) is 19.6. The lowest BCUT2D eigenvalue weighted by Gasteiger charge is -2.15. The minimum Gasteiger partial charge on any atom is -0.497 e. The van der Waals surface area contributed by atoms with Crippen molar-refractivity contribution in [3.63, 3.8) is 0 Å². The SMILES string of the molecule is CCOc1ccccc1/C=C/C(=O)N(C)CC(=O)Nc1ccc(OC)cc1. The average molecular weight is 368 g/mol. The summed E-state index contributed by atoms with van der Waals surface area (Å²) in [6, 6.07) is 14.4. The standard InChI is InChI=1S/C21H24N2O4/c1-4-27-19-8-6-5-7-16(19)9-14-21(25)23(2)15-20(24)22-17-10-12-18(26-3)13-11-17/h5-14H,4,15H2,1-3H3,(H,22,24)/b14-9+. The molecule has 1 N–H and O–H groups in total. The molecule has 6 heteroatoms. The van der Waals surface area contributed by atoms with Crippen LogP contribution < -0.4 is 14.8 Å². The van der Waals surface area contributed by atoms with E-state index in [9.17, 15) is 9.59 Å². The fraction of sp³-hybridized carbons (Fsp3) is 0.238. The van der Waals surface area contributed by atoms with Crippen molar-refractivity contribution in [3.8, 4) is 11.5 Å². The molecule has 0 aliphatic heterocycles. The Hall–Kier alpha value is -3.28. The summed E-state index contributed by atoms with van der Waals surface area (Å²) in [5.74, 6) is 0.868. The first-order chi connectivity index (χ1) is 13.0. The van der Waals surface area contributed by atoms with Crippen molar-refractivity contribution < 1.29 is 19.1 Å². The zero-order valence-corrected chi connectivity index (χ0v) is 15.8. The highest BCUT2D eigenvalue weighted by Crippen LogP contribution is 2.19. The van der Waals surface area contributed by atoms with Gasteiger partial charge in [0, 0.05) is 24.4 Å². The maximum atomic E-state index is 12.3. The molecule has 0 aliphatic carbocycles. The number of hydrogen-bond acceptors (Lipinski definition) is 4. The maximum absolute atomic E-state index is 12.3. The lowest BCUT2D eigenvalue weighted by Crippen LogP contribution is -2.33. The second-order valence-electron chi connectivity index (χ2n) is 5.78. The Morgan fingerprint density at radius 1 is 1.11 bits per heavy atom. The molecule has 0 heterocycles. The Balaban J connectivity index is 1.91. The summed E-state index contributed by atoms with van der Waals surface area (Å²) >= 11 is 0. The van der Waals surface area contributed by atoms with E-state index < -0.39 is 0 Å². The molecule has 6 nitrogen and oxygen atoms in total. The summed E-state index contributed by atoms with van der Waals surface area (Å²) in [5.41, 5.74) is 1.45. The van der Waals surface area contributed by atoms with Crippen LogP contribution in [-0.2, 0) is 9.59 Å². The average Bonchev–Trinajstić information content (AvgIpc) is 2.67. The highest BCUT2D eigenvalue weighted by Gasteiger charge is 2.11. The van der Waals surface area contributed by atoms with Gasteiger partial charge in [0.05, 0.1) is 20.3 Å². The van der Waals surface area contributed by atoms with Crippen LogP contribution >= 0.6 is 0 Å². The third-order valence-electron chi connectivity index (χ3n) is 3.76. The third kappa shape index (κ3) is 6.18.